The highest BCUT2D eigenvalue weighted by Crippen LogP contribution is 2.30. The molecule has 3 nitrogen and oxygen atoms in total. The lowest BCUT2D eigenvalue weighted by Gasteiger charge is -2.18. The van der Waals surface area contributed by atoms with E-state index in [2.05, 4.69) is 26.6 Å². The highest BCUT2D eigenvalue weighted by Gasteiger charge is 2.15. The summed E-state index contributed by atoms with van der Waals surface area (Å²) in [6.45, 7) is 0.189. The van der Waals surface area contributed by atoms with E-state index in [1.54, 1.807) is 0 Å². The van der Waals surface area contributed by atoms with E-state index in [9.17, 15) is 9.18 Å². The number of carbonyl (C=O) groups is 1. The number of carbonyl (C=O) groups excluding carboxylic acids is 1. The zero-order chi connectivity index (χ0) is 9.42. The van der Waals surface area contributed by atoms with Gasteiger partial charge in [-0.25, -0.2) is 4.39 Å². The van der Waals surface area contributed by atoms with E-state index >= 15 is 0 Å². The molecule has 1 amide bonds. The third-order valence-electron chi connectivity index (χ3n) is 1.77. The van der Waals surface area contributed by atoms with Crippen molar-refractivity contribution in [3.8, 4) is 0 Å². The van der Waals surface area contributed by atoms with E-state index in [-0.39, 0.29) is 18.3 Å². The number of hydrogen-bond donors (Lipinski definition) is 2. The van der Waals surface area contributed by atoms with Gasteiger partial charge in [-0.2, -0.15) is 0 Å². The molecule has 0 bridgehead atoms. The van der Waals surface area contributed by atoms with Gasteiger partial charge in [-0.1, -0.05) is 0 Å². The summed E-state index contributed by atoms with van der Waals surface area (Å²) < 4.78 is 13.3. The molecule has 1 aliphatic heterocycles. The van der Waals surface area contributed by atoms with Gasteiger partial charge < -0.3 is 10.6 Å². The van der Waals surface area contributed by atoms with Crippen LogP contribution in [-0.4, -0.2) is 12.5 Å². The van der Waals surface area contributed by atoms with Crippen LogP contribution in [0.25, 0.3) is 0 Å². The first-order valence-corrected chi connectivity index (χ1v) is 4.49. The van der Waals surface area contributed by atoms with Gasteiger partial charge in [-0.3, -0.25) is 4.79 Å². The Morgan fingerprint density at radius 3 is 2.92 bits per heavy atom. The maximum atomic E-state index is 13.0. The molecule has 0 fully saturated rings. The van der Waals surface area contributed by atoms with Crippen LogP contribution < -0.4 is 10.6 Å². The number of rotatable bonds is 0. The zero-order valence-electron chi connectivity index (χ0n) is 6.53. The molecule has 0 atom stereocenters. The van der Waals surface area contributed by atoms with E-state index < -0.39 is 0 Å². The van der Waals surface area contributed by atoms with Crippen LogP contribution in [0.5, 0.6) is 0 Å². The molecule has 0 radical (unpaired) electrons. The van der Waals surface area contributed by atoms with Crippen molar-refractivity contribution in [2.75, 3.05) is 17.2 Å². The van der Waals surface area contributed by atoms with Crippen molar-refractivity contribution in [1.82, 2.24) is 0 Å². The normalized spacial score (nSPS) is 14.5. The topological polar surface area (TPSA) is 41.1 Å². The fourth-order valence-corrected chi connectivity index (χ4v) is 1.51. The third kappa shape index (κ3) is 1.51. The number of benzene rings is 1. The lowest BCUT2D eigenvalue weighted by atomic mass is 10.2. The zero-order valence-corrected chi connectivity index (χ0v) is 8.11. The van der Waals surface area contributed by atoms with E-state index in [0.717, 1.165) is 0 Å². The van der Waals surface area contributed by atoms with Crippen LogP contribution in [-0.2, 0) is 4.79 Å². The van der Waals surface area contributed by atoms with Crippen LogP contribution in [0.4, 0.5) is 15.8 Å². The molecule has 2 N–H and O–H groups in total. The number of halogens is 2. The van der Waals surface area contributed by atoms with Gasteiger partial charge in [0.15, 0.2) is 0 Å². The molecular weight excluding hydrogens is 239 g/mol. The molecule has 2 rings (SSSR count). The van der Waals surface area contributed by atoms with Crippen molar-refractivity contribution in [3.05, 3.63) is 22.4 Å². The molecule has 0 aliphatic carbocycles. The van der Waals surface area contributed by atoms with Crippen LogP contribution in [0.15, 0.2) is 16.6 Å². The van der Waals surface area contributed by atoms with Gasteiger partial charge in [0.2, 0.25) is 5.91 Å². The van der Waals surface area contributed by atoms with Crippen LogP contribution in [0.2, 0.25) is 0 Å². The van der Waals surface area contributed by atoms with Crippen molar-refractivity contribution in [2.45, 2.75) is 0 Å². The number of nitrogens with one attached hydrogen (secondary N) is 2. The Morgan fingerprint density at radius 1 is 1.38 bits per heavy atom. The third-order valence-corrected chi connectivity index (χ3v) is 2.38. The second-order valence-corrected chi connectivity index (χ2v) is 3.57. The van der Waals surface area contributed by atoms with Crippen molar-refractivity contribution < 1.29 is 9.18 Å². The van der Waals surface area contributed by atoms with Gasteiger partial charge in [-0.05, 0) is 22.0 Å². The minimum atomic E-state index is -0.345. The monoisotopic (exact) mass is 244 g/mol. The highest BCUT2D eigenvalue weighted by molar-refractivity contribution is 9.10. The highest BCUT2D eigenvalue weighted by atomic mass is 79.9. The average Bonchev–Trinajstić information content (AvgIpc) is 2.08. The quantitative estimate of drug-likeness (QED) is 0.733. The predicted octanol–water partition coefficient (Wildman–Crippen LogP) is 1.95. The Kier molecular flexibility index (Phi) is 1.95. The number of fused-ring (bicyclic) bond motifs is 1. The van der Waals surface area contributed by atoms with Gasteiger partial charge in [0.05, 0.1) is 22.4 Å². The molecule has 0 unspecified atom stereocenters. The van der Waals surface area contributed by atoms with Crippen molar-refractivity contribution in [2.24, 2.45) is 0 Å². The van der Waals surface area contributed by atoms with Crippen molar-refractivity contribution in [3.63, 3.8) is 0 Å². The maximum absolute atomic E-state index is 13.0. The van der Waals surface area contributed by atoms with Gasteiger partial charge in [0, 0.05) is 6.07 Å². The molecular formula is C8H6BrFN2O. The summed E-state index contributed by atoms with van der Waals surface area (Å²) in [6.07, 6.45) is 0. The maximum Gasteiger partial charge on any atom is 0.243 e. The van der Waals surface area contributed by atoms with Gasteiger partial charge in [0.25, 0.3) is 0 Å². The second-order valence-electron chi connectivity index (χ2n) is 2.71. The van der Waals surface area contributed by atoms with Crippen LogP contribution in [0.1, 0.15) is 0 Å². The molecule has 5 heteroatoms. The molecule has 1 aromatic carbocycles. The van der Waals surface area contributed by atoms with Gasteiger partial charge in [0.1, 0.15) is 5.82 Å². The summed E-state index contributed by atoms with van der Waals surface area (Å²) >= 11 is 3.04. The SMILES string of the molecule is O=C1CNc2cc(F)c(Br)cc2N1. The summed E-state index contributed by atoms with van der Waals surface area (Å²) in [4.78, 5) is 10.9. The van der Waals surface area contributed by atoms with E-state index in [1.807, 2.05) is 0 Å². The van der Waals surface area contributed by atoms with Gasteiger partial charge >= 0.3 is 0 Å². The number of anilines is 2. The molecule has 0 spiro atoms. The summed E-state index contributed by atoms with van der Waals surface area (Å²) in [7, 11) is 0. The molecule has 1 aromatic rings. The molecule has 1 heterocycles. The molecule has 0 aromatic heterocycles. The summed E-state index contributed by atoms with van der Waals surface area (Å²) in [5.41, 5.74) is 1.21. The molecule has 0 saturated carbocycles. The summed E-state index contributed by atoms with van der Waals surface area (Å²) in [5.74, 6) is -0.464. The van der Waals surface area contributed by atoms with Crippen molar-refractivity contribution >= 4 is 33.2 Å². The molecule has 68 valence electrons. The van der Waals surface area contributed by atoms with E-state index in [1.165, 1.54) is 12.1 Å². The first-order chi connectivity index (χ1) is 6.16. The molecule has 13 heavy (non-hydrogen) atoms. The molecule has 1 aliphatic rings. The second kappa shape index (κ2) is 2.99. The van der Waals surface area contributed by atoms with Crippen molar-refractivity contribution in [1.29, 1.82) is 0 Å². The van der Waals surface area contributed by atoms with E-state index in [4.69, 9.17) is 0 Å². The van der Waals surface area contributed by atoms with E-state index in [0.29, 0.717) is 15.8 Å². The lowest BCUT2D eigenvalue weighted by molar-refractivity contribution is -0.114. The number of hydrogen-bond acceptors (Lipinski definition) is 2. The smallest absolute Gasteiger partial charge is 0.243 e. The standard InChI is InChI=1S/C8H6BrFN2O/c9-4-1-7-6(2-5(4)10)11-3-8(13)12-7/h1-2,11H,3H2,(H,12,13). The average molecular weight is 245 g/mol. The fourth-order valence-electron chi connectivity index (χ4n) is 1.17. The number of amides is 1. The fraction of sp³-hybridized carbons (Fsp3) is 0.125. The summed E-state index contributed by atoms with van der Waals surface area (Å²) in [5, 5.41) is 5.44. The first kappa shape index (κ1) is 8.50. The minimum Gasteiger partial charge on any atom is -0.374 e. The summed E-state index contributed by atoms with van der Waals surface area (Å²) in [6, 6.07) is 2.88. The Bertz CT molecular complexity index is 381. The van der Waals surface area contributed by atoms with Crippen LogP contribution in [0.3, 0.4) is 0 Å². The molecule has 0 saturated heterocycles. The van der Waals surface area contributed by atoms with Crippen LogP contribution >= 0.6 is 15.9 Å². The predicted molar refractivity (Wildman–Crippen MR) is 51.2 cm³/mol. The van der Waals surface area contributed by atoms with Crippen LogP contribution in [0, 0.1) is 5.82 Å². The van der Waals surface area contributed by atoms with Gasteiger partial charge in [-0.15, -0.1) is 0 Å². The Labute approximate surface area is 82.4 Å². The minimum absolute atomic E-state index is 0.119. The lowest BCUT2D eigenvalue weighted by Crippen LogP contribution is -2.27. The Morgan fingerprint density at radius 2 is 2.15 bits per heavy atom. The first-order valence-electron chi connectivity index (χ1n) is 3.69. The Balaban J connectivity index is 2.49. The largest absolute Gasteiger partial charge is 0.374 e. The Hall–Kier alpha value is -1.10.